The monoisotopic (exact) mass is 485 g/mol. The van der Waals surface area contributed by atoms with Gasteiger partial charge in [0.25, 0.3) is 11.7 Å². The zero-order chi connectivity index (χ0) is 26.0. The van der Waals surface area contributed by atoms with Crippen LogP contribution in [0.5, 0.6) is 11.5 Å². The molecule has 3 aromatic rings. The van der Waals surface area contributed by atoms with Gasteiger partial charge in [-0.05, 0) is 80.3 Å². The largest absolute Gasteiger partial charge is 0.507 e. The van der Waals surface area contributed by atoms with Crippen LogP contribution in [0, 0.1) is 20.8 Å². The molecule has 1 heterocycles. The van der Waals surface area contributed by atoms with E-state index in [1.807, 2.05) is 64.1 Å². The molecule has 6 nitrogen and oxygen atoms in total. The molecule has 0 aliphatic carbocycles. The minimum absolute atomic E-state index is 0.0188. The second-order valence-electron chi connectivity index (χ2n) is 9.09. The van der Waals surface area contributed by atoms with Crippen molar-refractivity contribution in [1.82, 2.24) is 0 Å². The van der Waals surface area contributed by atoms with Gasteiger partial charge in [0.1, 0.15) is 17.3 Å². The molecule has 1 saturated heterocycles. The minimum Gasteiger partial charge on any atom is -0.507 e. The Hall–Kier alpha value is -4.06. The summed E-state index contributed by atoms with van der Waals surface area (Å²) in [4.78, 5) is 28.4. The highest BCUT2D eigenvalue weighted by atomic mass is 16.5. The Morgan fingerprint density at radius 1 is 0.944 bits per heavy atom. The van der Waals surface area contributed by atoms with E-state index in [2.05, 4.69) is 0 Å². The van der Waals surface area contributed by atoms with E-state index in [-0.39, 0.29) is 11.3 Å². The number of benzene rings is 3. The van der Waals surface area contributed by atoms with Gasteiger partial charge in [0.15, 0.2) is 0 Å². The van der Waals surface area contributed by atoms with Gasteiger partial charge in [-0.1, -0.05) is 31.2 Å². The van der Waals surface area contributed by atoms with E-state index in [1.54, 1.807) is 31.4 Å². The van der Waals surface area contributed by atoms with Crippen LogP contribution in [0.3, 0.4) is 0 Å². The Balaban J connectivity index is 1.93. The predicted octanol–water partition coefficient (Wildman–Crippen LogP) is 6.04. The van der Waals surface area contributed by atoms with Gasteiger partial charge in [0.05, 0.1) is 25.3 Å². The highest BCUT2D eigenvalue weighted by Crippen LogP contribution is 2.45. The molecule has 0 bridgehead atoms. The fourth-order valence-electron chi connectivity index (χ4n) is 4.70. The van der Waals surface area contributed by atoms with E-state index < -0.39 is 17.7 Å². The molecule has 1 fully saturated rings. The molecule has 0 saturated carbocycles. The van der Waals surface area contributed by atoms with E-state index in [1.165, 1.54) is 4.90 Å². The summed E-state index contributed by atoms with van der Waals surface area (Å²) in [6.45, 7) is 8.38. The molecule has 6 heteroatoms. The first kappa shape index (κ1) is 25.0. The Morgan fingerprint density at radius 3 is 2.28 bits per heavy atom. The Kier molecular flexibility index (Phi) is 7.15. The maximum atomic E-state index is 13.5. The first-order valence-corrected chi connectivity index (χ1v) is 12.0. The number of Topliss-reactive ketones (excluding diaryl/α,β-unsaturated/α-hetero) is 1. The van der Waals surface area contributed by atoms with Crippen LogP contribution in [0.25, 0.3) is 5.76 Å². The van der Waals surface area contributed by atoms with Gasteiger partial charge in [0.2, 0.25) is 0 Å². The van der Waals surface area contributed by atoms with Crippen molar-refractivity contribution < 1.29 is 24.2 Å². The molecule has 3 aromatic carbocycles. The lowest BCUT2D eigenvalue weighted by atomic mass is 9.94. The van der Waals surface area contributed by atoms with Crippen LogP contribution in [-0.2, 0) is 9.59 Å². The molecule has 1 N–H and O–H groups in total. The van der Waals surface area contributed by atoms with Crippen LogP contribution in [0.1, 0.15) is 47.2 Å². The summed E-state index contributed by atoms with van der Waals surface area (Å²) in [6.07, 6.45) is 0.877. The lowest BCUT2D eigenvalue weighted by Gasteiger charge is -2.27. The van der Waals surface area contributed by atoms with Gasteiger partial charge in [-0.25, -0.2) is 0 Å². The SMILES string of the molecule is CCCOc1ccc(/C(O)=C2\C(=O)C(=O)N(c3cc(C)cc(C)c3)C2c2ccccc2OC)cc1C. The number of methoxy groups -OCH3 is 1. The fourth-order valence-corrected chi connectivity index (χ4v) is 4.70. The van der Waals surface area contributed by atoms with E-state index in [0.29, 0.717) is 34.9 Å². The second-order valence-corrected chi connectivity index (χ2v) is 9.09. The number of hydrogen-bond donors (Lipinski definition) is 1. The lowest BCUT2D eigenvalue weighted by Crippen LogP contribution is -2.29. The number of hydrogen-bond acceptors (Lipinski definition) is 5. The van der Waals surface area contributed by atoms with Crippen molar-refractivity contribution in [2.75, 3.05) is 18.6 Å². The van der Waals surface area contributed by atoms with E-state index in [9.17, 15) is 14.7 Å². The van der Waals surface area contributed by atoms with Gasteiger partial charge in [-0.2, -0.15) is 0 Å². The van der Waals surface area contributed by atoms with Crippen LogP contribution in [0.15, 0.2) is 66.2 Å². The summed E-state index contributed by atoms with van der Waals surface area (Å²) in [5, 5.41) is 11.5. The molecule has 1 amide bonds. The van der Waals surface area contributed by atoms with Crippen LogP contribution in [-0.4, -0.2) is 30.5 Å². The van der Waals surface area contributed by atoms with E-state index >= 15 is 0 Å². The topological polar surface area (TPSA) is 76.1 Å². The normalized spacial score (nSPS) is 16.9. The van der Waals surface area contributed by atoms with Gasteiger partial charge >= 0.3 is 0 Å². The molecule has 0 spiro atoms. The van der Waals surface area contributed by atoms with Crippen LogP contribution in [0.4, 0.5) is 5.69 Å². The number of carbonyl (C=O) groups excluding carboxylic acids is 2. The Bertz CT molecular complexity index is 1340. The molecule has 1 aliphatic heterocycles. The second kappa shape index (κ2) is 10.3. The van der Waals surface area contributed by atoms with Crippen molar-refractivity contribution in [3.8, 4) is 11.5 Å². The summed E-state index contributed by atoms with van der Waals surface area (Å²) >= 11 is 0. The third-order valence-corrected chi connectivity index (χ3v) is 6.27. The smallest absolute Gasteiger partial charge is 0.300 e. The van der Waals surface area contributed by atoms with Gasteiger partial charge in [0, 0.05) is 16.8 Å². The molecule has 0 radical (unpaired) electrons. The van der Waals surface area contributed by atoms with Crippen molar-refractivity contribution >= 4 is 23.1 Å². The average Bonchev–Trinajstić information content (AvgIpc) is 3.12. The predicted molar refractivity (Wildman–Crippen MR) is 141 cm³/mol. The molecule has 0 aromatic heterocycles. The van der Waals surface area contributed by atoms with Crippen LogP contribution >= 0.6 is 0 Å². The number of rotatable bonds is 7. The maximum absolute atomic E-state index is 13.5. The summed E-state index contributed by atoms with van der Waals surface area (Å²) in [7, 11) is 1.54. The molecule has 1 atom stereocenters. The Morgan fingerprint density at radius 2 is 1.64 bits per heavy atom. The Labute approximate surface area is 211 Å². The van der Waals surface area contributed by atoms with Gasteiger partial charge in [-0.15, -0.1) is 0 Å². The minimum atomic E-state index is -0.862. The fraction of sp³-hybridized carbons (Fsp3) is 0.267. The van der Waals surface area contributed by atoms with E-state index in [4.69, 9.17) is 9.47 Å². The van der Waals surface area contributed by atoms with E-state index in [0.717, 1.165) is 23.1 Å². The summed E-state index contributed by atoms with van der Waals surface area (Å²) in [6, 6.07) is 17.4. The first-order chi connectivity index (χ1) is 17.3. The van der Waals surface area contributed by atoms with Crippen molar-refractivity contribution in [2.45, 2.75) is 40.2 Å². The van der Waals surface area contributed by atoms with Crippen molar-refractivity contribution in [3.63, 3.8) is 0 Å². The zero-order valence-electron chi connectivity index (χ0n) is 21.3. The number of anilines is 1. The highest BCUT2D eigenvalue weighted by Gasteiger charge is 2.48. The summed E-state index contributed by atoms with van der Waals surface area (Å²) < 4.78 is 11.4. The number of aliphatic hydroxyl groups excluding tert-OH is 1. The number of para-hydroxylation sites is 1. The number of ether oxygens (including phenoxy) is 2. The molecule has 186 valence electrons. The van der Waals surface area contributed by atoms with Gasteiger partial charge in [-0.3, -0.25) is 14.5 Å². The standard InChI is InChI=1S/C30H31NO5/c1-6-13-36-24-12-11-21(17-20(24)4)28(32)26-27(23-9-7-8-10-25(23)35-5)31(30(34)29(26)33)22-15-18(2)14-19(3)16-22/h7-12,14-17,27,32H,6,13H2,1-5H3/b28-26+. The third kappa shape index (κ3) is 4.59. The summed E-state index contributed by atoms with van der Waals surface area (Å²) in [5.74, 6) is -0.445. The number of carbonyl (C=O) groups is 2. The van der Waals surface area contributed by atoms with Gasteiger partial charge < -0.3 is 14.6 Å². The quantitative estimate of drug-likeness (QED) is 0.251. The molecule has 1 aliphatic rings. The molecule has 4 rings (SSSR count). The van der Waals surface area contributed by atoms with Crippen molar-refractivity contribution in [3.05, 3.63) is 94.1 Å². The lowest BCUT2D eigenvalue weighted by molar-refractivity contribution is -0.132. The molecular formula is C30H31NO5. The summed E-state index contributed by atoms with van der Waals surface area (Å²) in [5.41, 5.74) is 4.40. The first-order valence-electron chi connectivity index (χ1n) is 12.0. The van der Waals surface area contributed by atoms with Crippen molar-refractivity contribution in [2.24, 2.45) is 0 Å². The molecule has 1 unspecified atom stereocenters. The average molecular weight is 486 g/mol. The number of nitrogens with zero attached hydrogens (tertiary/aromatic N) is 1. The number of aryl methyl sites for hydroxylation is 3. The number of ketones is 1. The maximum Gasteiger partial charge on any atom is 0.300 e. The van der Waals surface area contributed by atoms with Crippen LogP contribution in [0.2, 0.25) is 0 Å². The number of amides is 1. The van der Waals surface area contributed by atoms with Crippen LogP contribution < -0.4 is 14.4 Å². The number of aliphatic hydroxyl groups is 1. The third-order valence-electron chi connectivity index (χ3n) is 6.27. The highest BCUT2D eigenvalue weighted by molar-refractivity contribution is 6.51. The molecule has 36 heavy (non-hydrogen) atoms. The zero-order valence-corrected chi connectivity index (χ0v) is 21.3. The van der Waals surface area contributed by atoms with Crippen molar-refractivity contribution in [1.29, 1.82) is 0 Å². The molecular weight excluding hydrogens is 454 g/mol.